The molecule has 0 saturated carbocycles. The number of halogens is 3. The van der Waals surface area contributed by atoms with E-state index in [0.29, 0.717) is 0 Å². The van der Waals surface area contributed by atoms with Gasteiger partial charge in [0.2, 0.25) is 0 Å². The molecule has 0 radical (unpaired) electrons. The summed E-state index contributed by atoms with van der Waals surface area (Å²) in [5, 5.41) is 3.30. The van der Waals surface area contributed by atoms with Crippen LogP contribution in [0.4, 0.5) is 13.2 Å². The molecule has 0 aromatic heterocycles. The maximum absolute atomic E-state index is 13.0. The third kappa shape index (κ3) is 4.05. The Bertz CT molecular complexity index is 690. The van der Waals surface area contributed by atoms with Gasteiger partial charge in [-0.3, -0.25) is 4.90 Å². The fraction of sp³-hybridized carbons (Fsp3) is 0.400. The van der Waals surface area contributed by atoms with Crippen molar-refractivity contribution >= 4 is 0 Å². The highest BCUT2D eigenvalue weighted by Gasteiger charge is 2.37. The van der Waals surface area contributed by atoms with Crippen molar-refractivity contribution in [3.63, 3.8) is 0 Å². The first-order valence-corrected chi connectivity index (χ1v) is 8.56. The lowest BCUT2D eigenvalue weighted by Crippen LogP contribution is -2.49. The first kappa shape index (κ1) is 18.0. The van der Waals surface area contributed by atoms with Crippen molar-refractivity contribution < 1.29 is 13.2 Å². The summed E-state index contributed by atoms with van der Waals surface area (Å²) in [5.41, 5.74) is 1.02. The van der Waals surface area contributed by atoms with Crippen LogP contribution in [0.1, 0.15) is 29.5 Å². The zero-order chi connectivity index (χ0) is 17.9. The van der Waals surface area contributed by atoms with Gasteiger partial charge >= 0.3 is 6.18 Å². The molecular weight excluding hydrogens is 325 g/mol. The van der Waals surface area contributed by atoms with Crippen molar-refractivity contribution in [1.29, 1.82) is 0 Å². The van der Waals surface area contributed by atoms with E-state index in [4.69, 9.17) is 0 Å². The molecule has 0 atom stereocenters. The molecule has 2 aromatic rings. The number of nitrogens with zero attached hydrogens (tertiary/aromatic N) is 1. The largest absolute Gasteiger partial charge is 0.416 e. The van der Waals surface area contributed by atoms with Crippen molar-refractivity contribution in [1.82, 2.24) is 10.2 Å². The highest BCUT2D eigenvalue weighted by Crippen LogP contribution is 2.36. The summed E-state index contributed by atoms with van der Waals surface area (Å²) in [6, 6.07) is 16.0. The summed E-state index contributed by atoms with van der Waals surface area (Å²) in [6.07, 6.45) is -2.73. The topological polar surface area (TPSA) is 15.3 Å². The molecule has 1 heterocycles. The summed E-state index contributed by atoms with van der Waals surface area (Å²) in [6.45, 7) is 2.58. The first-order chi connectivity index (χ1) is 11.9. The molecule has 1 fully saturated rings. The molecular formula is C20H23F3N2. The van der Waals surface area contributed by atoms with Crippen LogP contribution in [0.5, 0.6) is 0 Å². The Morgan fingerprint density at radius 2 is 1.68 bits per heavy atom. The van der Waals surface area contributed by atoms with Crippen LogP contribution in [0.3, 0.4) is 0 Å². The molecule has 0 aliphatic carbocycles. The molecule has 0 bridgehead atoms. The number of hydrogen-bond donors (Lipinski definition) is 1. The van der Waals surface area contributed by atoms with Crippen LogP contribution < -0.4 is 5.32 Å². The van der Waals surface area contributed by atoms with Gasteiger partial charge in [0.15, 0.2) is 0 Å². The first-order valence-electron chi connectivity index (χ1n) is 8.56. The molecule has 0 unspecified atom stereocenters. The van der Waals surface area contributed by atoms with E-state index in [-0.39, 0.29) is 0 Å². The lowest BCUT2D eigenvalue weighted by atomic mass is 9.80. The van der Waals surface area contributed by atoms with Crippen LogP contribution in [-0.2, 0) is 18.3 Å². The quantitative estimate of drug-likeness (QED) is 0.880. The van der Waals surface area contributed by atoms with Crippen LogP contribution in [-0.4, -0.2) is 25.0 Å². The van der Waals surface area contributed by atoms with E-state index in [1.807, 2.05) is 25.2 Å². The minimum atomic E-state index is -4.31. The van der Waals surface area contributed by atoms with E-state index in [1.165, 1.54) is 17.7 Å². The number of alkyl halides is 3. The number of likely N-dealkylation sites (tertiary alicyclic amines) is 1. The second-order valence-corrected chi connectivity index (χ2v) is 6.67. The second kappa shape index (κ2) is 7.18. The molecule has 25 heavy (non-hydrogen) atoms. The van der Waals surface area contributed by atoms with Gasteiger partial charge in [-0.1, -0.05) is 42.5 Å². The van der Waals surface area contributed by atoms with Crippen LogP contribution in [0.2, 0.25) is 0 Å². The molecule has 5 heteroatoms. The average molecular weight is 348 g/mol. The SMILES string of the molecule is CNC1(c2cccc(C(F)(F)F)c2)CCN(Cc2ccccc2)CC1. The second-order valence-electron chi connectivity index (χ2n) is 6.67. The van der Waals surface area contributed by atoms with Crippen LogP contribution in [0, 0.1) is 0 Å². The van der Waals surface area contributed by atoms with Gasteiger partial charge in [-0.15, -0.1) is 0 Å². The van der Waals surface area contributed by atoms with Gasteiger partial charge in [-0.05, 0) is 43.1 Å². The predicted octanol–water partition coefficient (Wildman–Crippen LogP) is 4.42. The van der Waals surface area contributed by atoms with Crippen molar-refractivity contribution in [3.05, 3.63) is 71.3 Å². The highest BCUT2D eigenvalue weighted by molar-refractivity contribution is 5.32. The van der Waals surface area contributed by atoms with E-state index in [9.17, 15) is 13.2 Å². The monoisotopic (exact) mass is 348 g/mol. The smallest absolute Gasteiger partial charge is 0.310 e. The Hall–Kier alpha value is -1.85. The van der Waals surface area contributed by atoms with Gasteiger partial charge < -0.3 is 5.32 Å². The van der Waals surface area contributed by atoms with Gasteiger partial charge in [0.05, 0.1) is 5.56 Å². The predicted molar refractivity (Wildman–Crippen MR) is 93.1 cm³/mol. The van der Waals surface area contributed by atoms with Gasteiger partial charge in [0.1, 0.15) is 0 Å². The van der Waals surface area contributed by atoms with E-state index in [2.05, 4.69) is 22.3 Å². The normalized spacial score (nSPS) is 18.2. The molecule has 2 aromatic carbocycles. The summed E-state index contributed by atoms with van der Waals surface area (Å²) < 4.78 is 39.1. The van der Waals surface area contributed by atoms with Gasteiger partial charge in [-0.2, -0.15) is 13.2 Å². The molecule has 0 amide bonds. The van der Waals surface area contributed by atoms with Crippen molar-refractivity contribution in [2.24, 2.45) is 0 Å². The van der Waals surface area contributed by atoms with Crippen LogP contribution in [0.15, 0.2) is 54.6 Å². The molecule has 134 valence electrons. The fourth-order valence-corrected chi connectivity index (χ4v) is 3.61. The van der Waals surface area contributed by atoms with Crippen molar-refractivity contribution in [2.75, 3.05) is 20.1 Å². The lowest BCUT2D eigenvalue weighted by molar-refractivity contribution is -0.137. The number of piperidine rings is 1. The zero-order valence-electron chi connectivity index (χ0n) is 14.3. The van der Waals surface area contributed by atoms with E-state index in [1.54, 1.807) is 6.07 Å². The molecule has 2 nitrogen and oxygen atoms in total. The van der Waals surface area contributed by atoms with Crippen LogP contribution in [0.25, 0.3) is 0 Å². The molecule has 1 saturated heterocycles. The summed E-state index contributed by atoms with van der Waals surface area (Å²) >= 11 is 0. The average Bonchev–Trinajstić information content (AvgIpc) is 2.63. The number of hydrogen-bond acceptors (Lipinski definition) is 2. The van der Waals surface area contributed by atoms with Gasteiger partial charge in [0, 0.05) is 25.2 Å². The Labute approximate surface area is 146 Å². The Balaban J connectivity index is 1.73. The maximum Gasteiger partial charge on any atom is 0.416 e. The fourth-order valence-electron chi connectivity index (χ4n) is 3.61. The van der Waals surface area contributed by atoms with Crippen molar-refractivity contribution in [3.8, 4) is 0 Å². The third-order valence-electron chi connectivity index (χ3n) is 5.18. The van der Waals surface area contributed by atoms with Gasteiger partial charge in [0.25, 0.3) is 0 Å². The Morgan fingerprint density at radius 1 is 1.00 bits per heavy atom. The summed E-state index contributed by atoms with van der Waals surface area (Å²) in [7, 11) is 1.84. The zero-order valence-corrected chi connectivity index (χ0v) is 14.3. The summed E-state index contributed by atoms with van der Waals surface area (Å²) in [4.78, 5) is 2.36. The molecule has 1 aliphatic rings. The third-order valence-corrected chi connectivity index (χ3v) is 5.18. The standard InChI is InChI=1S/C20H23F3N2/c1-24-19(17-8-5-9-18(14-17)20(21,22)23)10-12-25(13-11-19)15-16-6-3-2-4-7-16/h2-9,14,24H,10-13,15H2,1H3. The van der Waals surface area contributed by atoms with E-state index >= 15 is 0 Å². The molecule has 3 rings (SSSR count). The number of nitrogens with one attached hydrogen (secondary N) is 1. The maximum atomic E-state index is 13.0. The molecule has 1 aliphatic heterocycles. The Kier molecular flexibility index (Phi) is 5.16. The number of benzene rings is 2. The minimum Gasteiger partial charge on any atom is -0.310 e. The summed E-state index contributed by atoms with van der Waals surface area (Å²) in [5.74, 6) is 0. The van der Waals surface area contributed by atoms with Crippen LogP contribution >= 0.6 is 0 Å². The highest BCUT2D eigenvalue weighted by atomic mass is 19.4. The molecule has 0 spiro atoms. The van der Waals surface area contributed by atoms with Crippen molar-refractivity contribution in [2.45, 2.75) is 31.1 Å². The lowest BCUT2D eigenvalue weighted by Gasteiger charge is -2.42. The minimum absolute atomic E-state index is 0.394. The van der Waals surface area contributed by atoms with E-state index < -0.39 is 17.3 Å². The Morgan fingerprint density at radius 3 is 2.28 bits per heavy atom. The van der Waals surface area contributed by atoms with Gasteiger partial charge in [-0.25, -0.2) is 0 Å². The van der Waals surface area contributed by atoms with E-state index in [0.717, 1.165) is 44.1 Å². The number of rotatable bonds is 4. The molecule has 1 N–H and O–H groups in total.